The Bertz CT molecular complexity index is 1010. The zero-order valence-electron chi connectivity index (χ0n) is 13.2. The van der Waals surface area contributed by atoms with E-state index in [-0.39, 0.29) is 22.0 Å². The summed E-state index contributed by atoms with van der Waals surface area (Å²) in [6.07, 6.45) is 0. The molecule has 1 heterocycles. The molecular formula is C17H14N2O5S. The first kappa shape index (κ1) is 16.7. The van der Waals surface area contributed by atoms with E-state index in [0.29, 0.717) is 11.1 Å². The van der Waals surface area contributed by atoms with Gasteiger partial charge in [-0.15, -0.1) is 0 Å². The monoisotopic (exact) mass is 358 g/mol. The van der Waals surface area contributed by atoms with Gasteiger partial charge in [0.1, 0.15) is 10.5 Å². The highest BCUT2D eigenvalue weighted by Gasteiger charge is 2.28. The minimum absolute atomic E-state index is 0.123. The predicted molar refractivity (Wildman–Crippen MR) is 90.1 cm³/mol. The highest BCUT2D eigenvalue weighted by molar-refractivity contribution is 7.87. The van der Waals surface area contributed by atoms with Crippen LogP contribution >= 0.6 is 0 Å². The largest absolute Gasteiger partial charge is 0.367 e. The third kappa shape index (κ3) is 3.24. The van der Waals surface area contributed by atoms with Gasteiger partial charge in [0.15, 0.2) is 0 Å². The fourth-order valence-corrected chi connectivity index (χ4v) is 3.44. The average molecular weight is 358 g/mol. The highest BCUT2D eigenvalue weighted by atomic mass is 32.2. The maximum absolute atomic E-state index is 12.6. The van der Waals surface area contributed by atoms with Crippen molar-refractivity contribution >= 4 is 22.0 Å². The molecule has 0 aliphatic heterocycles. The summed E-state index contributed by atoms with van der Waals surface area (Å²) in [6.45, 7) is 1.46. The summed E-state index contributed by atoms with van der Waals surface area (Å²) in [4.78, 5) is 12.1. The van der Waals surface area contributed by atoms with Crippen molar-refractivity contribution in [1.29, 1.82) is 0 Å². The first-order valence-electron chi connectivity index (χ1n) is 7.25. The van der Waals surface area contributed by atoms with E-state index in [1.807, 2.05) is 6.07 Å². The topological polar surface area (TPSA) is 112 Å². The summed E-state index contributed by atoms with van der Waals surface area (Å²) in [5, 5.41) is 3.51. The molecule has 0 amide bonds. The number of nitrogens with zero attached hydrogens (tertiary/aromatic N) is 1. The smallest absolute Gasteiger partial charge is 0.361 e. The van der Waals surface area contributed by atoms with Crippen LogP contribution in [0.15, 0.2) is 64.0 Å². The van der Waals surface area contributed by atoms with Crippen LogP contribution in [0.5, 0.6) is 0 Å². The molecule has 3 rings (SSSR count). The summed E-state index contributed by atoms with van der Waals surface area (Å²) in [5.74, 6) is -1.44. The molecule has 8 heteroatoms. The molecule has 0 atom stereocenters. The van der Waals surface area contributed by atoms with Gasteiger partial charge < -0.3 is 14.4 Å². The number of carbonyl (C=O) groups is 1. The van der Waals surface area contributed by atoms with Gasteiger partial charge in [0.2, 0.25) is 5.88 Å². The van der Waals surface area contributed by atoms with Gasteiger partial charge in [0, 0.05) is 5.56 Å². The molecule has 3 aromatic rings. The molecule has 0 unspecified atom stereocenters. The summed E-state index contributed by atoms with van der Waals surface area (Å²) < 4.78 is 34.6. The van der Waals surface area contributed by atoms with Crippen LogP contribution in [0.25, 0.3) is 11.1 Å². The number of anilines is 1. The first-order chi connectivity index (χ1) is 11.9. The molecule has 2 N–H and O–H groups in total. The van der Waals surface area contributed by atoms with E-state index in [9.17, 15) is 13.2 Å². The molecule has 7 nitrogen and oxygen atoms in total. The van der Waals surface area contributed by atoms with Crippen LogP contribution < -0.4 is 5.73 Å². The van der Waals surface area contributed by atoms with Gasteiger partial charge >= 0.3 is 16.1 Å². The van der Waals surface area contributed by atoms with Crippen LogP contribution in [-0.2, 0) is 14.3 Å². The van der Waals surface area contributed by atoms with E-state index in [4.69, 9.17) is 9.92 Å². The molecule has 25 heavy (non-hydrogen) atoms. The zero-order valence-corrected chi connectivity index (χ0v) is 14.0. The fraction of sp³-hybridized carbons (Fsp3) is 0.0588. The second-order valence-corrected chi connectivity index (χ2v) is 6.71. The highest BCUT2D eigenvalue weighted by Crippen LogP contribution is 2.29. The van der Waals surface area contributed by atoms with Crippen molar-refractivity contribution in [3.63, 3.8) is 0 Å². The second kappa shape index (κ2) is 6.40. The van der Waals surface area contributed by atoms with E-state index < -0.39 is 16.1 Å². The summed E-state index contributed by atoms with van der Waals surface area (Å²) in [5.41, 5.74) is 6.54. The van der Waals surface area contributed by atoms with Gasteiger partial charge in [-0.2, -0.15) is 8.42 Å². The molecular weight excluding hydrogens is 344 g/mol. The molecule has 128 valence electrons. The standard InChI is InChI=1S/C17H14N2O5S/c1-11-15(16(18)23-19-11)17(20)24-25(21,22)14-10-6-5-9-13(14)12-7-3-2-4-8-12/h2-10H,18H2,1H3. The SMILES string of the molecule is Cc1noc(N)c1C(=O)OS(=O)(=O)c1ccccc1-c1ccccc1. The minimum Gasteiger partial charge on any atom is -0.367 e. The van der Waals surface area contributed by atoms with Crippen molar-refractivity contribution in [3.05, 3.63) is 65.9 Å². The maximum atomic E-state index is 12.6. The minimum atomic E-state index is -4.37. The number of hydrogen-bond acceptors (Lipinski definition) is 7. The Morgan fingerprint density at radius 3 is 2.36 bits per heavy atom. The van der Waals surface area contributed by atoms with Crippen molar-refractivity contribution in [1.82, 2.24) is 5.16 Å². The average Bonchev–Trinajstić information content (AvgIpc) is 2.94. The Morgan fingerprint density at radius 2 is 1.72 bits per heavy atom. The Kier molecular flexibility index (Phi) is 4.28. The number of rotatable bonds is 4. The number of nitrogens with two attached hydrogens (primary N) is 1. The van der Waals surface area contributed by atoms with Crippen molar-refractivity contribution in [2.75, 3.05) is 5.73 Å². The van der Waals surface area contributed by atoms with Gasteiger partial charge in [-0.3, -0.25) is 0 Å². The van der Waals surface area contributed by atoms with Crippen LogP contribution in [0.3, 0.4) is 0 Å². The molecule has 0 aliphatic rings. The van der Waals surface area contributed by atoms with E-state index in [1.54, 1.807) is 42.5 Å². The van der Waals surface area contributed by atoms with Crippen molar-refractivity contribution in [2.24, 2.45) is 0 Å². The van der Waals surface area contributed by atoms with Crippen molar-refractivity contribution < 1.29 is 21.9 Å². The molecule has 2 aromatic carbocycles. The number of aromatic nitrogens is 1. The van der Waals surface area contributed by atoms with Crippen LogP contribution in [0.4, 0.5) is 5.88 Å². The summed E-state index contributed by atoms with van der Waals surface area (Å²) in [6, 6.07) is 15.2. The molecule has 0 radical (unpaired) electrons. The van der Waals surface area contributed by atoms with E-state index in [1.165, 1.54) is 13.0 Å². The van der Waals surface area contributed by atoms with Gasteiger partial charge in [0.05, 0.1) is 5.69 Å². The lowest BCUT2D eigenvalue weighted by molar-refractivity contribution is 0.0747. The van der Waals surface area contributed by atoms with Crippen LogP contribution in [-0.4, -0.2) is 19.5 Å². The molecule has 0 bridgehead atoms. The van der Waals surface area contributed by atoms with Gasteiger partial charge in [-0.25, -0.2) is 4.79 Å². The van der Waals surface area contributed by atoms with E-state index in [0.717, 1.165) is 0 Å². The van der Waals surface area contributed by atoms with E-state index in [2.05, 4.69) is 9.68 Å². The maximum Gasteiger partial charge on any atom is 0.361 e. The fourth-order valence-electron chi connectivity index (χ4n) is 2.36. The third-order valence-corrected chi connectivity index (χ3v) is 4.79. The molecule has 0 aliphatic carbocycles. The van der Waals surface area contributed by atoms with Crippen LogP contribution in [0.1, 0.15) is 16.1 Å². The normalized spacial score (nSPS) is 11.2. The van der Waals surface area contributed by atoms with Gasteiger partial charge in [0.25, 0.3) is 0 Å². The van der Waals surface area contributed by atoms with Gasteiger partial charge in [-0.05, 0) is 18.6 Å². The van der Waals surface area contributed by atoms with E-state index >= 15 is 0 Å². The quantitative estimate of drug-likeness (QED) is 0.713. The van der Waals surface area contributed by atoms with Crippen molar-refractivity contribution in [3.8, 4) is 11.1 Å². The summed E-state index contributed by atoms with van der Waals surface area (Å²) in [7, 11) is -4.37. The lowest BCUT2D eigenvalue weighted by Crippen LogP contribution is -2.15. The lowest BCUT2D eigenvalue weighted by Gasteiger charge is -2.10. The molecule has 0 saturated carbocycles. The first-order valence-corrected chi connectivity index (χ1v) is 8.66. The Balaban J connectivity index is 2.01. The number of hydrogen-bond donors (Lipinski definition) is 1. The van der Waals surface area contributed by atoms with Crippen LogP contribution in [0, 0.1) is 6.92 Å². The number of nitrogen functional groups attached to an aromatic ring is 1. The molecule has 0 saturated heterocycles. The number of carbonyl (C=O) groups excluding carboxylic acids is 1. The lowest BCUT2D eigenvalue weighted by atomic mass is 10.1. The van der Waals surface area contributed by atoms with Crippen molar-refractivity contribution in [2.45, 2.75) is 11.8 Å². The Hall–Kier alpha value is -3.13. The molecule has 1 aromatic heterocycles. The molecule has 0 spiro atoms. The van der Waals surface area contributed by atoms with Gasteiger partial charge in [-0.1, -0.05) is 53.7 Å². The Labute approximate surface area is 144 Å². The number of aryl methyl sites for hydroxylation is 1. The van der Waals surface area contributed by atoms with Crippen LogP contribution in [0.2, 0.25) is 0 Å². The predicted octanol–water partition coefficient (Wildman–Crippen LogP) is 2.78. The molecule has 0 fully saturated rings. The third-order valence-electron chi connectivity index (χ3n) is 3.52. The summed E-state index contributed by atoms with van der Waals surface area (Å²) >= 11 is 0. The second-order valence-electron chi connectivity index (χ2n) is 5.19. The Morgan fingerprint density at radius 1 is 1.08 bits per heavy atom. The zero-order chi connectivity index (χ0) is 18.0. The number of benzene rings is 2.